The van der Waals surface area contributed by atoms with Crippen molar-refractivity contribution < 1.29 is 9.84 Å². The van der Waals surface area contributed by atoms with Gasteiger partial charge in [-0.15, -0.1) is 12.4 Å². The second-order valence-electron chi connectivity index (χ2n) is 4.64. The van der Waals surface area contributed by atoms with Gasteiger partial charge in [0.1, 0.15) is 5.75 Å². The van der Waals surface area contributed by atoms with Crippen LogP contribution in [0.1, 0.15) is 30.0 Å². The first-order valence-electron chi connectivity index (χ1n) is 5.92. The minimum Gasteiger partial charge on any atom is -0.507 e. The molecule has 1 aromatic carbocycles. The summed E-state index contributed by atoms with van der Waals surface area (Å²) >= 11 is 3.45. The fourth-order valence-electron chi connectivity index (χ4n) is 2.34. The Balaban J connectivity index is 0.00000162. The van der Waals surface area contributed by atoms with Crippen molar-refractivity contribution in [3.8, 4) is 5.75 Å². The first-order chi connectivity index (χ1) is 8.09. The van der Waals surface area contributed by atoms with Crippen molar-refractivity contribution in [3.05, 3.63) is 27.7 Å². The van der Waals surface area contributed by atoms with Crippen molar-refractivity contribution in [1.29, 1.82) is 0 Å². The lowest BCUT2D eigenvalue weighted by Crippen LogP contribution is -2.27. The van der Waals surface area contributed by atoms with Crippen molar-refractivity contribution in [2.24, 2.45) is 11.7 Å². The second kappa shape index (κ2) is 6.75. The van der Waals surface area contributed by atoms with Crippen LogP contribution in [0.4, 0.5) is 0 Å². The average molecular weight is 337 g/mol. The number of hydrogen-bond acceptors (Lipinski definition) is 3. The number of phenols is 1. The lowest BCUT2D eigenvalue weighted by Gasteiger charge is -2.28. The van der Waals surface area contributed by atoms with Gasteiger partial charge in [-0.05, 0) is 43.4 Å². The molecular weight excluding hydrogens is 318 g/mol. The van der Waals surface area contributed by atoms with Gasteiger partial charge in [0, 0.05) is 29.3 Å². The van der Waals surface area contributed by atoms with Crippen LogP contribution in [-0.4, -0.2) is 18.3 Å². The third-order valence-electron chi connectivity index (χ3n) is 3.43. The molecule has 0 amide bonds. The summed E-state index contributed by atoms with van der Waals surface area (Å²) in [7, 11) is 0. The molecule has 0 radical (unpaired) electrons. The molecule has 1 aliphatic rings. The van der Waals surface area contributed by atoms with Crippen LogP contribution in [0.5, 0.6) is 5.75 Å². The monoisotopic (exact) mass is 335 g/mol. The van der Waals surface area contributed by atoms with E-state index in [1.54, 1.807) is 0 Å². The highest BCUT2D eigenvalue weighted by Crippen LogP contribution is 2.36. The van der Waals surface area contributed by atoms with Crippen LogP contribution >= 0.6 is 28.3 Å². The molecule has 0 aliphatic carbocycles. The van der Waals surface area contributed by atoms with Gasteiger partial charge >= 0.3 is 0 Å². The SMILES string of the molecule is Cc1cc(Br)cc([C@H](N)C2CCOCC2)c1O.Cl. The molecule has 5 heteroatoms. The molecule has 3 nitrogen and oxygen atoms in total. The standard InChI is InChI=1S/C13H18BrNO2.ClH/c1-8-6-10(14)7-11(13(8)16)12(15)9-2-4-17-5-3-9;/h6-7,9,12,16H,2-5,15H2,1H3;1H/t12-;/m1./s1. The molecule has 1 heterocycles. The van der Waals surface area contributed by atoms with Crippen LogP contribution in [0, 0.1) is 12.8 Å². The van der Waals surface area contributed by atoms with Gasteiger partial charge < -0.3 is 15.6 Å². The largest absolute Gasteiger partial charge is 0.507 e. The molecule has 1 aromatic rings. The van der Waals surface area contributed by atoms with Gasteiger partial charge in [-0.1, -0.05) is 15.9 Å². The zero-order valence-corrected chi connectivity index (χ0v) is 12.8. The summed E-state index contributed by atoms with van der Waals surface area (Å²) < 4.78 is 6.30. The maximum atomic E-state index is 10.1. The summed E-state index contributed by atoms with van der Waals surface area (Å²) in [5, 5.41) is 10.1. The molecule has 1 saturated heterocycles. The number of benzene rings is 1. The molecule has 0 bridgehead atoms. The number of rotatable bonds is 2. The quantitative estimate of drug-likeness (QED) is 0.871. The van der Waals surface area contributed by atoms with E-state index in [0.29, 0.717) is 11.7 Å². The van der Waals surface area contributed by atoms with E-state index >= 15 is 0 Å². The molecule has 0 unspecified atom stereocenters. The summed E-state index contributed by atoms with van der Waals surface area (Å²) in [5.41, 5.74) is 7.97. The van der Waals surface area contributed by atoms with E-state index in [4.69, 9.17) is 10.5 Å². The normalized spacial score (nSPS) is 18.2. The summed E-state index contributed by atoms with van der Waals surface area (Å²) in [6, 6.07) is 3.70. The molecule has 0 aromatic heterocycles. The molecule has 1 aliphatic heterocycles. The van der Waals surface area contributed by atoms with Crippen LogP contribution in [-0.2, 0) is 4.74 Å². The number of hydrogen-bond donors (Lipinski definition) is 2. The Bertz CT molecular complexity index is 408. The van der Waals surface area contributed by atoms with E-state index in [-0.39, 0.29) is 18.4 Å². The third-order valence-corrected chi connectivity index (χ3v) is 3.89. The Labute approximate surface area is 122 Å². The predicted octanol–water partition coefficient (Wildman–Crippen LogP) is 3.31. The summed E-state index contributed by atoms with van der Waals surface area (Å²) in [6.07, 6.45) is 1.93. The molecule has 0 saturated carbocycles. The van der Waals surface area contributed by atoms with Gasteiger partial charge in [-0.25, -0.2) is 0 Å². The molecule has 2 rings (SSSR count). The minimum atomic E-state index is -0.116. The van der Waals surface area contributed by atoms with Crippen LogP contribution in [0.2, 0.25) is 0 Å². The van der Waals surface area contributed by atoms with Crippen LogP contribution < -0.4 is 5.73 Å². The van der Waals surface area contributed by atoms with Gasteiger partial charge in [0.05, 0.1) is 0 Å². The Kier molecular flexibility index (Phi) is 5.92. The smallest absolute Gasteiger partial charge is 0.123 e. The lowest BCUT2D eigenvalue weighted by atomic mass is 9.87. The maximum Gasteiger partial charge on any atom is 0.123 e. The average Bonchev–Trinajstić information content (AvgIpc) is 2.34. The zero-order valence-electron chi connectivity index (χ0n) is 10.4. The lowest BCUT2D eigenvalue weighted by molar-refractivity contribution is 0.0581. The van der Waals surface area contributed by atoms with E-state index in [9.17, 15) is 5.11 Å². The molecule has 102 valence electrons. The Morgan fingerprint density at radius 2 is 2.00 bits per heavy atom. The van der Waals surface area contributed by atoms with Crippen molar-refractivity contribution in [1.82, 2.24) is 0 Å². The van der Waals surface area contributed by atoms with Gasteiger partial charge in [0.25, 0.3) is 0 Å². The molecule has 3 N–H and O–H groups in total. The minimum absolute atomic E-state index is 0. The topological polar surface area (TPSA) is 55.5 Å². The first-order valence-corrected chi connectivity index (χ1v) is 6.71. The molecule has 1 atom stereocenters. The van der Waals surface area contributed by atoms with Gasteiger partial charge in [0.2, 0.25) is 0 Å². The summed E-state index contributed by atoms with van der Waals surface area (Å²) in [4.78, 5) is 0. The molecule has 1 fully saturated rings. The van der Waals surface area contributed by atoms with Crippen molar-refractivity contribution >= 4 is 28.3 Å². The highest BCUT2D eigenvalue weighted by molar-refractivity contribution is 9.10. The van der Waals surface area contributed by atoms with Crippen LogP contribution in [0.15, 0.2) is 16.6 Å². The Morgan fingerprint density at radius 1 is 1.39 bits per heavy atom. The van der Waals surface area contributed by atoms with Gasteiger partial charge in [0.15, 0.2) is 0 Å². The highest BCUT2D eigenvalue weighted by atomic mass is 79.9. The predicted molar refractivity (Wildman–Crippen MR) is 78.3 cm³/mol. The zero-order chi connectivity index (χ0) is 12.4. The fourth-order valence-corrected chi connectivity index (χ4v) is 2.93. The molecule has 18 heavy (non-hydrogen) atoms. The Hall–Kier alpha value is -0.290. The van der Waals surface area contributed by atoms with E-state index in [0.717, 1.165) is 41.7 Å². The van der Waals surface area contributed by atoms with E-state index in [1.165, 1.54) is 0 Å². The molecule has 0 spiro atoms. The first kappa shape index (κ1) is 15.8. The maximum absolute atomic E-state index is 10.1. The fraction of sp³-hybridized carbons (Fsp3) is 0.538. The van der Waals surface area contributed by atoms with Crippen LogP contribution in [0.3, 0.4) is 0 Å². The van der Waals surface area contributed by atoms with E-state index < -0.39 is 0 Å². The molecular formula is C13H19BrClNO2. The number of ether oxygens (including phenoxy) is 1. The van der Waals surface area contributed by atoms with Crippen molar-refractivity contribution in [3.63, 3.8) is 0 Å². The third kappa shape index (κ3) is 3.38. The van der Waals surface area contributed by atoms with Gasteiger partial charge in [-0.3, -0.25) is 0 Å². The summed E-state index contributed by atoms with van der Waals surface area (Å²) in [6.45, 7) is 3.43. The van der Waals surface area contributed by atoms with E-state index in [1.807, 2.05) is 19.1 Å². The van der Waals surface area contributed by atoms with Crippen molar-refractivity contribution in [2.45, 2.75) is 25.8 Å². The second-order valence-corrected chi connectivity index (χ2v) is 5.55. The van der Waals surface area contributed by atoms with Gasteiger partial charge in [-0.2, -0.15) is 0 Å². The van der Waals surface area contributed by atoms with Crippen LogP contribution in [0.25, 0.3) is 0 Å². The number of phenolic OH excluding ortho intramolecular Hbond substituents is 1. The number of aromatic hydroxyl groups is 1. The number of nitrogens with two attached hydrogens (primary N) is 1. The van der Waals surface area contributed by atoms with Crippen molar-refractivity contribution in [2.75, 3.05) is 13.2 Å². The highest BCUT2D eigenvalue weighted by Gasteiger charge is 2.25. The number of aryl methyl sites for hydroxylation is 1. The van der Waals surface area contributed by atoms with E-state index in [2.05, 4.69) is 15.9 Å². The number of halogens is 2. The summed E-state index contributed by atoms with van der Waals surface area (Å²) in [5.74, 6) is 0.718. The Morgan fingerprint density at radius 3 is 2.61 bits per heavy atom.